The van der Waals surface area contributed by atoms with E-state index in [1.807, 2.05) is 0 Å². The molecular weight excluding hydrogens is 553 g/mol. The normalized spacial score (nSPS) is 18.4. The molecule has 12 heteroatoms. The Bertz CT molecular complexity index is 1190. The van der Waals surface area contributed by atoms with Gasteiger partial charge in [-0.2, -0.15) is 0 Å². The average molecular weight is 585 g/mol. The van der Waals surface area contributed by atoms with Crippen molar-refractivity contribution in [3.8, 4) is 0 Å². The van der Waals surface area contributed by atoms with Crippen LogP contribution >= 0.6 is 23.2 Å². The molecule has 0 spiro atoms. The van der Waals surface area contributed by atoms with Crippen LogP contribution in [0.3, 0.4) is 0 Å². The number of benzene rings is 2. The summed E-state index contributed by atoms with van der Waals surface area (Å²) in [5, 5.41) is 23.7. The topological polar surface area (TPSA) is 96.4 Å². The van der Waals surface area contributed by atoms with Gasteiger partial charge in [-0.05, 0) is 49.6 Å². The highest BCUT2D eigenvalue weighted by atomic mass is 35.5. The number of likely N-dealkylation sites (N-methyl/N-ethyl adjacent to an activating group) is 1. The van der Waals surface area contributed by atoms with Crippen molar-refractivity contribution < 1.29 is 28.6 Å². The van der Waals surface area contributed by atoms with E-state index in [0.717, 1.165) is 25.2 Å². The van der Waals surface area contributed by atoms with Crippen LogP contribution in [0.2, 0.25) is 10.0 Å². The first kappa shape index (κ1) is 29.5. The lowest BCUT2D eigenvalue weighted by Crippen LogP contribution is -2.61. The van der Waals surface area contributed by atoms with E-state index in [-0.39, 0.29) is 52.3 Å². The monoisotopic (exact) mass is 584 g/mol. The Kier molecular flexibility index (Phi) is 9.02. The maximum absolute atomic E-state index is 13.6. The second-order valence-electron chi connectivity index (χ2n) is 10.3. The minimum absolute atomic E-state index is 0.112. The number of amides is 2. The third-order valence-corrected chi connectivity index (χ3v) is 8.02. The summed E-state index contributed by atoms with van der Waals surface area (Å²) < 4.78 is 27.3. The largest absolute Gasteiger partial charge is 0.395 e. The first-order valence-corrected chi connectivity index (χ1v) is 13.5. The van der Waals surface area contributed by atoms with Gasteiger partial charge in [0.1, 0.15) is 11.6 Å². The molecule has 3 N–H and O–H groups in total. The molecule has 2 aromatic carbocycles. The third-order valence-electron chi connectivity index (χ3n) is 7.43. The van der Waals surface area contributed by atoms with Crippen molar-refractivity contribution in [1.29, 1.82) is 0 Å². The molecule has 2 aliphatic rings. The van der Waals surface area contributed by atoms with Crippen LogP contribution in [-0.2, 0) is 10.4 Å². The third kappa shape index (κ3) is 6.47. The van der Waals surface area contributed by atoms with E-state index < -0.39 is 23.1 Å². The average Bonchev–Trinajstić information content (AvgIpc) is 2.84. The zero-order valence-electron chi connectivity index (χ0n) is 21.8. The fourth-order valence-corrected chi connectivity index (χ4v) is 5.79. The van der Waals surface area contributed by atoms with E-state index in [1.54, 1.807) is 24.1 Å². The minimum atomic E-state index is -2.03. The van der Waals surface area contributed by atoms with Crippen LogP contribution in [0.4, 0.5) is 14.5 Å². The molecular formula is C27H32Cl2F2N4O4. The van der Waals surface area contributed by atoms with Crippen molar-refractivity contribution in [2.75, 3.05) is 51.7 Å². The molecule has 2 fully saturated rings. The van der Waals surface area contributed by atoms with E-state index in [1.165, 1.54) is 11.8 Å². The molecule has 212 valence electrons. The number of rotatable bonds is 8. The fourth-order valence-electron chi connectivity index (χ4n) is 5.14. The first-order chi connectivity index (χ1) is 18.4. The number of hydrogen-bond donors (Lipinski definition) is 3. The highest BCUT2D eigenvalue weighted by Crippen LogP contribution is 2.32. The van der Waals surface area contributed by atoms with Crippen molar-refractivity contribution in [2.24, 2.45) is 0 Å². The SMILES string of the molecule is CN(CCO)C(=O)c1c(Cl)cc(NC2CN(C3CCN(C(=O)[C@@](C)(O)c4cc(F)cc(F)c4)CC3)C2)cc1Cl. The number of halogens is 4. The van der Waals surface area contributed by atoms with Crippen LogP contribution in [0.25, 0.3) is 0 Å². The molecule has 0 saturated carbocycles. The number of anilines is 1. The van der Waals surface area contributed by atoms with Gasteiger partial charge in [-0.1, -0.05) is 23.2 Å². The number of carbonyl (C=O) groups is 2. The summed E-state index contributed by atoms with van der Waals surface area (Å²) >= 11 is 12.7. The molecule has 1 atom stereocenters. The molecule has 0 bridgehead atoms. The summed E-state index contributed by atoms with van der Waals surface area (Å²) in [4.78, 5) is 30.8. The second-order valence-corrected chi connectivity index (χ2v) is 11.1. The summed E-state index contributed by atoms with van der Waals surface area (Å²) in [5.41, 5.74) is -1.25. The van der Waals surface area contributed by atoms with Crippen LogP contribution in [0, 0.1) is 11.6 Å². The first-order valence-electron chi connectivity index (χ1n) is 12.7. The predicted molar refractivity (Wildman–Crippen MR) is 145 cm³/mol. The Morgan fingerprint density at radius 1 is 1.08 bits per heavy atom. The number of nitrogens with one attached hydrogen (secondary N) is 1. The molecule has 0 aromatic heterocycles. The number of aliphatic hydroxyl groups excluding tert-OH is 1. The summed E-state index contributed by atoms with van der Waals surface area (Å²) in [6.45, 7) is 3.66. The van der Waals surface area contributed by atoms with Gasteiger partial charge in [0.15, 0.2) is 5.60 Å². The second kappa shape index (κ2) is 11.9. The van der Waals surface area contributed by atoms with Crippen molar-refractivity contribution in [3.05, 3.63) is 63.1 Å². The zero-order valence-corrected chi connectivity index (χ0v) is 23.3. The molecule has 2 aliphatic heterocycles. The molecule has 0 radical (unpaired) electrons. The van der Waals surface area contributed by atoms with Gasteiger partial charge in [0.2, 0.25) is 0 Å². The maximum Gasteiger partial charge on any atom is 0.258 e. The summed E-state index contributed by atoms with van der Waals surface area (Å²) in [6.07, 6.45) is 1.42. The lowest BCUT2D eigenvalue weighted by Gasteiger charge is -2.48. The molecule has 0 aliphatic carbocycles. The Balaban J connectivity index is 1.28. The van der Waals surface area contributed by atoms with E-state index in [0.29, 0.717) is 37.7 Å². The molecule has 4 rings (SSSR count). The molecule has 2 aromatic rings. The predicted octanol–water partition coefficient (Wildman–Crippen LogP) is 3.33. The molecule has 2 amide bonds. The van der Waals surface area contributed by atoms with Crippen LogP contribution in [0.1, 0.15) is 35.7 Å². The summed E-state index contributed by atoms with van der Waals surface area (Å²) in [7, 11) is 1.56. The van der Waals surface area contributed by atoms with Crippen molar-refractivity contribution in [1.82, 2.24) is 14.7 Å². The van der Waals surface area contributed by atoms with Crippen LogP contribution in [-0.4, -0.2) is 95.2 Å². The van der Waals surface area contributed by atoms with Gasteiger partial charge >= 0.3 is 0 Å². The number of carbonyl (C=O) groups excluding carboxylic acids is 2. The van der Waals surface area contributed by atoms with Crippen molar-refractivity contribution in [2.45, 2.75) is 37.5 Å². The molecule has 2 heterocycles. The van der Waals surface area contributed by atoms with Gasteiger partial charge in [-0.25, -0.2) is 8.78 Å². The van der Waals surface area contributed by atoms with Crippen molar-refractivity contribution in [3.63, 3.8) is 0 Å². The van der Waals surface area contributed by atoms with Gasteiger partial charge in [0.25, 0.3) is 11.8 Å². The molecule has 39 heavy (non-hydrogen) atoms. The van der Waals surface area contributed by atoms with Gasteiger partial charge in [-0.15, -0.1) is 0 Å². The van der Waals surface area contributed by atoms with E-state index in [2.05, 4.69) is 10.2 Å². The highest BCUT2D eigenvalue weighted by Gasteiger charge is 2.40. The van der Waals surface area contributed by atoms with Crippen molar-refractivity contribution >= 4 is 40.7 Å². The highest BCUT2D eigenvalue weighted by molar-refractivity contribution is 6.40. The van der Waals surface area contributed by atoms with Gasteiger partial charge in [0.05, 0.1) is 28.3 Å². The standard InChI is InChI=1S/C27H32Cl2F2N4O4/c1-27(39,16-9-17(30)11-18(31)10-16)26(38)34-5-3-21(4-6-34)35-14-20(15-35)32-19-12-22(28)24(23(29)13-19)25(37)33(2)7-8-36/h9-13,20-21,32,36,39H,3-8,14-15H2,1-2H3/t27-/m0/s1. The quantitative estimate of drug-likeness (QED) is 0.440. The molecule has 2 saturated heterocycles. The smallest absolute Gasteiger partial charge is 0.258 e. The van der Waals surface area contributed by atoms with Crippen LogP contribution < -0.4 is 5.32 Å². The fraction of sp³-hybridized carbons (Fsp3) is 0.481. The zero-order chi connectivity index (χ0) is 28.5. The summed E-state index contributed by atoms with van der Waals surface area (Å²) in [5.74, 6) is -2.64. The van der Waals surface area contributed by atoms with E-state index in [9.17, 15) is 23.5 Å². The number of hydrogen-bond acceptors (Lipinski definition) is 6. The number of aliphatic hydroxyl groups is 2. The number of likely N-dealkylation sites (tertiary alicyclic amines) is 2. The molecule has 8 nitrogen and oxygen atoms in total. The van der Waals surface area contributed by atoms with E-state index >= 15 is 0 Å². The van der Waals surface area contributed by atoms with Crippen LogP contribution in [0.5, 0.6) is 0 Å². The maximum atomic E-state index is 13.6. The van der Waals surface area contributed by atoms with Gasteiger partial charge in [0, 0.05) is 57.6 Å². The van der Waals surface area contributed by atoms with E-state index in [4.69, 9.17) is 28.3 Å². The van der Waals surface area contributed by atoms with Crippen LogP contribution in [0.15, 0.2) is 30.3 Å². The Hall–Kier alpha value is -2.50. The Morgan fingerprint density at radius 3 is 2.18 bits per heavy atom. The Labute approximate surface area is 236 Å². The minimum Gasteiger partial charge on any atom is -0.395 e. The summed E-state index contributed by atoms with van der Waals surface area (Å²) in [6, 6.07) is 6.39. The van der Waals surface area contributed by atoms with Gasteiger partial charge in [-0.3, -0.25) is 14.5 Å². The molecule has 0 unspecified atom stereocenters. The number of nitrogens with zero attached hydrogens (tertiary/aromatic N) is 3. The lowest BCUT2D eigenvalue weighted by molar-refractivity contribution is -0.152. The Morgan fingerprint density at radius 2 is 1.64 bits per heavy atom. The number of piperidine rings is 1. The van der Waals surface area contributed by atoms with Gasteiger partial charge < -0.3 is 25.3 Å². The lowest BCUT2D eigenvalue weighted by atomic mass is 9.91.